The highest BCUT2D eigenvalue weighted by Crippen LogP contribution is 2.46. The first kappa shape index (κ1) is 21.5. The maximum absolute atomic E-state index is 13.9. The molecule has 6 nitrogen and oxygen atoms in total. The van der Waals surface area contributed by atoms with Crippen molar-refractivity contribution in [2.75, 3.05) is 25.5 Å². The lowest BCUT2D eigenvalue weighted by Gasteiger charge is -2.48. The number of nitrogens with zero attached hydrogens (tertiary/aromatic N) is 4. The van der Waals surface area contributed by atoms with Crippen LogP contribution in [0.2, 0.25) is 0 Å². The number of benzene rings is 1. The molecule has 2 fully saturated rings. The fraction of sp³-hybridized carbons (Fsp3) is 0.476. The molecule has 0 unspecified atom stereocenters. The zero-order chi connectivity index (χ0) is 22.4. The van der Waals surface area contributed by atoms with Gasteiger partial charge >= 0.3 is 12.2 Å². The van der Waals surface area contributed by atoms with E-state index in [1.54, 1.807) is 12.1 Å². The number of hydrogen-bond acceptors (Lipinski definition) is 4. The molecule has 4 rings (SSSR count). The highest BCUT2D eigenvalue weighted by molar-refractivity contribution is 5.95. The van der Waals surface area contributed by atoms with E-state index in [1.807, 2.05) is 20.2 Å². The third-order valence-corrected chi connectivity index (χ3v) is 6.53. The van der Waals surface area contributed by atoms with E-state index < -0.39 is 17.5 Å². The van der Waals surface area contributed by atoms with E-state index in [1.165, 1.54) is 11.0 Å². The van der Waals surface area contributed by atoms with Crippen LogP contribution in [0.4, 0.5) is 28.0 Å². The van der Waals surface area contributed by atoms with Gasteiger partial charge in [-0.3, -0.25) is 9.80 Å². The van der Waals surface area contributed by atoms with Crippen molar-refractivity contribution in [3.05, 3.63) is 53.9 Å². The molecule has 1 aliphatic heterocycles. The molecule has 166 valence electrons. The second-order valence-corrected chi connectivity index (χ2v) is 8.50. The van der Waals surface area contributed by atoms with Crippen LogP contribution < -0.4 is 10.2 Å². The molecular formula is C21H23F4N5O. The summed E-state index contributed by atoms with van der Waals surface area (Å²) in [6.45, 7) is 0.313. The number of urea groups is 1. The molecule has 2 heterocycles. The second-order valence-electron chi connectivity index (χ2n) is 8.50. The lowest BCUT2D eigenvalue weighted by atomic mass is 9.69. The predicted molar refractivity (Wildman–Crippen MR) is 106 cm³/mol. The van der Waals surface area contributed by atoms with Crippen LogP contribution >= 0.6 is 0 Å². The summed E-state index contributed by atoms with van der Waals surface area (Å²) in [6, 6.07) is 6.20. The largest absolute Gasteiger partial charge is 0.451 e. The molecule has 0 radical (unpaired) electrons. The van der Waals surface area contributed by atoms with Gasteiger partial charge < -0.3 is 5.32 Å². The van der Waals surface area contributed by atoms with E-state index in [2.05, 4.69) is 20.2 Å². The van der Waals surface area contributed by atoms with Crippen LogP contribution in [0.15, 0.2) is 36.7 Å². The van der Waals surface area contributed by atoms with Crippen molar-refractivity contribution in [1.82, 2.24) is 20.2 Å². The summed E-state index contributed by atoms with van der Waals surface area (Å²) in [5.41, 5.74) is 0.247. The number of anilines is 1. The Kier molecular flexibility index (Phi) is 5.15. The summed E-state index contributed by atoms with van der Waals surface area (Å²) in [7, 11) is 3.92. The van der Waals surface area contributed by atoms with Gasteiger partial charge in [0.05, 0.1) is 30.2 Å². The normalized spacial score (nSPS) is 26.5. The van der Waals surface area contributed by atoms with Crippen molar-refractivity contribution >= 4 is 11.7 Å². The molecule has 1 N–H and O–H groups in total. The van der Waals surface area contributed by atoms with E-state index in [4.69, 9.17) is 0 Å². The van der Waals surface area contributed by atoms with Crippen LogP contribution in [0.5, 0.6) is 0 Å². The predicted octanol–water partition coefficient (Wildman–Crippen LogP) is 3.93. The van der Waals surface area contributed by atoms with Crippen LogP contribution in [0.1, 0.15) is 37.1 Å². The van der Waals surface area contributed by atoms with Gasteiger partial charge in [-0.15, -0.1) is 0 Å². The minimum absolute atomic E-state index is 0.219. The summed E-state index contributed by atoms with van der Waals surface area (Å²) in [6.07, 6.45) is 0.0874. The van der Waals surface area contributed by atoms with Gasteiger partial charge in [-0.25, -0.2) is 19.2 Å². The maximum atomic E-state index is 13.9. The van der Waals surface area contributed by atoms with Gasteiger partial charge in [0.25, 0.3) is 0 Å². The fourth-order valence-electron chi connectivity index (χ4n) is 4.72. The Bertz CT molecular complexity index is 968. The van der Waals surface area contributed by atoms with Crippen molar-refractivity contribution in [3.8, 4) is 0 Å². The van der Waals surface area contributed by atoms with Crippen molar-refractivity contribution in [3.63, 3.8) is 0 Å². The fourth-order valence-corrected chi connectivity index (χ4v) is 4.72. The molecule has 10 heteroatoms. The van der Waals surface area contributed by atoms with Gasteiger partial charge in [0.1, 0.15) is 5.82 Å². The topological polar surface area (TPSA) is 61.4 Å². The van der Waals surface area contributed by atoms with E-state index in [9.17, 15) is 22.4 Å². The van der Waals surface area contributed by atoms with Crippen LogP contribution in [-0.2, 0) is 11.7 Å². The summed E-state index contributed by atoms with van der Waals surface area (Å²) >= 11 is 0. The molecule has 0 bridgehead atoms. The molecule has 0 atom stereocenters. The van der Waals surface area contributed by atoms with Crippen molar-refractivity contribution in [2.45, 2.75) is 42.9 Å². The SMILES string of the molecule is CN(C)[C@]1(c2cccc(F)c2)CC[C@@]2(CC1)CN(c1cnc(C(F)(F)F)nc1)C(=O)N2. The van der Waals surface area contributed by atoms with Crippen molar-refractivity contribution in [2.24, 2.45) is 0 Å². The number of carbonyl (C=O) groups is 1. The quantitative estimate of drug-likeness (QED) is 0.740. The van der Waals surface area contributed by atoms with Crippen LogP contribution in [0.25, 0.3) is 0 Å². The van der Waals surface area contributed by atoms with Gasteiger partial charge in [0.15, 0.2) is 0 Å². The number of alkyl halides is 3. The molecular weight excluding hydrogens is 414 g/mol. The smallest absolute Gasteiger partial charge is 0.330 e. The highest BCUT2D eigenvalue weighted by atomic mass is 19.4. The Morgan fingerprint density at radius 1 is 1.10 bits per heavy atom. The number of halogens is 4. The molecule has 1 saturated heterocycles. The monoisotopic (exact) mass is 437 g/mol. The van der Waals surface area contributed by atoms with Crippen LogP contribution in [-0.4, -0.2) is 47.1 Å². The average Bonchev–Trinajstić information content (AvgIpc) is 3.04. The molecule has 31 heavy (non-hydrogen) atoms. The first-order valence-corrected chi connectivity index (χ1v) is 9.97. The van der Waals surface area contributed by atoms with Crippen LogP contribution in [0.3, 0.4) is 0 Å². The third kappa shape index (κ3) is 3.84. The minimum atomic E-state index is -4.64. The average molecular weight is 437 g/mol. The highest BCUT2D eigenvalue weighted by Gasteiger charge is 2.50. The summed E-state index contributed by atoms with van der Waals surface area (Å²) in [4.78, 5) is 22.8. The maximum Gasteiger partial charge on any atom is 0.451 e. The minimum Gasteiger partial charge on any atom is -0.330 e. The van der Waals surface area contributed by atoms with E-state index in [0.717, 1.165) is 18.0 Å². The number of aromatic nitrogens is 2. The van der Waals surface area contributed by atoms with E-state index >= 15 is 0 Å². The second kappa shape index (κ2) is 7.44. The molecule has 1 spiro atoms. The number of amides is 2. The Morgan fingerprint density at radius 2 is 1.74 bits per heavy atom. The van der Waals surface area contributed by atoms with Gasteiger partial charge in [-0.05, 0) is 57.5 Å². The summed E-state index contributed by atoms with van der Waals surface area (Å²) in [5, 5.41) is 3.02. The zero-order valence-corrected chi connectivity index (χ0v) is 17.2. The molecule has 1 aromatic heterocycles. The lowest BCUT2D eigenvalue weighted by molar-refractivity contribution is -0.144. The standard InChI is InChI=1S/C21H23F4N5O/c1-29(2)20(14-4-3-5-15(22)10-14)8-6-19(7-9-20)13-30(18(31)28-19)16-11-26-17(27-12-16)21(23,24)25/h3-5,10-12H,6-9,13H2,1-2H3,(H,28,31)/t19-,20-. The Labute approximate surface area is 177 Å². The Hall–Kier alpha value is -2.75. The number of rotatable bonds is 3. The van der Waals surface area contributed by atoms with E-state index in [-0.39, 0.29) is 23.1 Å². The lowest BCUT2D eigenvalue weighted by Crippen LogP contribution is -2.54. The van der Waals surface area contributed by atoms with Crippen LogP contribution in [0, 0.1) is 5.82 Å². The van der Waals surface area contributed by atoms with Crippen molar-refractivity contribution < 1.29 is 22.4 Å². The van der Waals surface area contributed by atoms with Gasteiger partial charge in [-0.2, -0.15) is 13.2 Å². The molecule has 1 aromatic carbocycles. The third-order valence-electron chi connectivity index (χ3n) is 6.53. The zero-order valence-electron chi connectivity index (χ0n) is 17.2. The first-order valence-electron chi connectivity index (χ1n) is 9.97. The first-order chi connectivity index (χ1) is 14.5. The van der Waals surface area contributed by atoms with Crippen molar-refractivity contribution in [1.29, 1.82) is 0 Å². The molecule has 1 saturated carbocycles. The number of carbonyl (C=O) groups excluding carboxylic acids is 1. The molecule has 1 aliphatic carbocycles. The molecule has 2 aliphatic rings. The Balaban J connectivity index is 1.53. The van der Waals surface area contributed by atoms with E-state index in [0.29, 0.717) is 32.2 Å². The van der Waals surface area contributed by atoms with Gasteiger partial charge in [0.2, 0.25) is 5.82 Å². The summed E-state index contributed by atoms with van der Waals surface area (Å²) < 4.78 is 52.0. The van der Waals surface area contributed by atoms with Gasteiger partial charge in [-0.1, -0.05) is 12.1 Å². The molecule has 2 aromatic rings. The number of hydrogen-bond donors (Lipinski definition) is 1. The molecule has 2 amide bonds. The van der Waals surface area contributed by atoms with Gasteiger partial charge in [0, 0.05) is 5.54 Å². The Morgan fingerprint density at radius 3 is 2.29 bits per heavy atom. The summed E-state index contributed by atoms with van der Waals surface area (Å²) in [5.74, 6) is -1.53. The number of nitrogens with one attached hydrogen (secondary N) is 1.